The van der Waals surface area contributed by atoms with E-state index in [2.05, 4.69) is 0 Å². The van der Waals surface area contributed by atoms with Crippen LogP contribution in [0.5, 0.6) is 0 Å². The topological polar surface area (TPSA) is 74.8 Å². The zero-order valence-electron chi connectivity index (χ0n) is 15.5. The first-order valence-corrected chi connectivity index (χ1v) is 9.12. The van der Waals surface area contributed by atoms with Gasteiger partial charge >= 0.3 is 6.03 Å². The first-order valence-electron chi connectivity index (χ1n) is 8.74. The number of Topliss-reactive ketones (excluding diaryl/α,β-unsaturated/α-hetero) is 1. The second kappa shape index (κ2) is 7.94. The summed E-state index contributed by atoms with van der Waals surface area (Å²) in [4.78, 5) is 52.4. The number of benzene rings is 2. The summed E-state index contributed by atoms with van der Waals surface area (Å²) in [6.07, 6.45) is -0.0519. The molecule has 0 bridgehead atoms. The number of imide groups is 2. The van der Waals surface area contributed by atoms with Crippen LogP contribution >= 0.6 is 11.6 Å². The Hall–Kier alpha value is -2.99. The Morgan fingerprint density at radius 1 is 0.929 bits per heavy atom. The van der Waals surface area contributed by atoms with Gasteiger partial charge in [0.15, 0.2) is 5.78 Å². The molecule has 7 heteroatoms. The summed E-state index contributed by atoms with van der Waals surface area (Å²) < 4.78 is 0. The minimum atomic E-state index is -1.17. The van der Waals surface area contributed by atoms with Gasteiger partial charge in [0.1, 0.15) is 5.92 Å². The highest BCUT2D eigenvalue weighted by atomic mass is 35.5. The summed E-state index contributed by atoms with van der Waals surface area (Å²) in [6, 6.07) is 14.7. The molecule has 0 aliphatic carbocycles. The van der Waals surface area contributed by atoms with Crippen LogP contribution in [0.1, 0.15) is 28.3 Å². The van der Waals surface area contributed by atoms with Gasteiger partial charge in [0, 0.05) is 37.0 Å². The number of halogens is 1. The minimum absolute atomic E-state index is 0.0519. The van der Waals surface area contributed by atoms with Crippen molar-refractivity contribution in [2.24, 2.45) is 5.92 Å². The Morgan fingerprint density at radius 2 is 1.46 bits per heavy atom. The molecule has 0 N–H and O–H groups in total. The van der Waals surface area contributed by atoms with Crippen LogP contribution < -0.4 is 0 Å². The Kier molecular flexibility index (Phi) is 5.61. The van der Waals surface area contributed by atoms with Gasteiger partial charge in [-0.05, 0) is 17.7 Å². The highest BCUT2D eigenvalue weighted by molar-refractivity contribution is 6.30. The fourth-order valence-electron chi connectivity index (χ4n) is 3.36. The lowest BCUT2D eigenvalue weighted by atomic mass is 9.79. The van der Waals surface area contributed by atoms with Gasteiger partial charge in [-0.25, -0.2) is 4.79 Å². The van der Waals surface area contributed by atoms with Gasteiger partial charge in [0.05, 0.1) is 0 Å². The Morgan fingerprint density at radius 3 is 2.00 bits per heavy atom. The van der Waals surface area contributed by atoms with Crippen LogP contribution in [0.4, 0.5) is 4.79 Å². The molecular weight excluding hydrogens is 380 g/mol. The van der Waals surface area contributed by atoms with Crippen LogP contribution in [0.3, 0.4) is 0 Å². The smallest absolute Gasteiger partial charge is 0.294 e. The van der Waals surface area contributed by atoms with E-state index in [4.69, 9.17) is 11.6 Å². The third kappa shape index (κ3) is 3.68. The first kappa shape index (κ1) is 19.8. The summed E-state index contributed by atoms with van der Waals surface area (Å²) in [6.45, 7) is 0. The van der Waals surface area contributed by atoms with E-state index in [1.54, 1.807) is 54.6 Å². The van der Waals surface area contributed by atoms with E-state index in [1.807, 2.05) is 0 Å². The molecule has 1 heterocycles. The van der Waals surface area contributed by atoms with E-state index >= 15 is 0 Å². The van der Waals surface area contributed by atoms with Crippen molar-refractivity contribution in [1.82, 2.24) is 9.80 Å². The molecule has 2 aromatic carbocycles. The largest absolute Gasteiger partial charge is 0.332 e. The molecule has 6 nitrogen and oxygen atoms in total. The standard InChI is InChI=1S/C21H19ClN2O4/c1-23-19(26)18(20(27)24(2)21(23)28)16(13-8-10-15(22)11-9-13)12-17(25)14-6-4-3-5-7-14/h3-11,16,18H,12H2,1-2H3. The molecule has 0 saturated carbocycles. The van der Waals surface area contributed by atoms with Gasteiger partial charge in [-0.3, -0.25) is 24.2 Å². The molecule has 3 rings (SSSR count). The van der Waals surface area contributed by atoms with Gasteiger partial charge in [0.2, 0.25) is 11.8 Å². The fourth-order valence-corrected chi connectivity index (χ4v) is 3.49. The molecule has 0 radical (unpaired) electrons. The summed E-state index contributed by atoms with van der Waals surface area (Å²) in [7, 11) is 2.66. The maximum Gasteiger partial charge on any atom is 0.332 e. The number of barbiturate groups is 1. The molecule has 0 aromatic heterocycles. The van der Waals surface area contributed by atoms with Crippen molar-refractivity contribution in [3.63, 3.8) is 0 Å². The summed E-state index contributed by atoms with van der Waals surface area (Å²) in [5.41, 5.74) is 1.13. The number of hydrogen-bond donors (Lipinski definition) is 0. The van der Waals surface area contributed by atoms with Crippen LogP contribution in [0.15, 0.2) is 54.6 Å². The maximum atomic E-state index is 12.8. The highest BCUT2D eigenvalue weighted by Crippen LogP contribution is 2.35. The van der Waals surface area contributed by atoms with Crippen LogP contribution in [0.2, 0.25) is 5.02 Å². The van der Waals surface area contributed by atoms with E-state index < -0.39 is 29.7 Å². The summed E-state index contributed by atoms with van der Waals surface area (Å²) >= 11 is 5.96. The number of carbonyl (C=O) groups is 4. The average molecular weight is 399 g/mol. The number of amides is 4. The lowest BCUT2D eigenvalue weighted by Crippen LogP contribution is -2.58. The van der Waals surface area contributed by atoms with Gasteiger partial charge < -0.3 is 0 Å². The van der Waals surface area contributed by atoms with E-state index in [0.717, 1.165) is 9.80 Å². The van der Waals surface area contributed by atoms with Crippen LogP contribution in [-0.4, -0.2) is 47.5 Å². The third-order valence-corrected chi connectivity index (χ3v) is 5.22. The molecular formula is C21H19ClN2O4. The Bertz CT molecular complexity index is 903. The molecule has 144 valence electrons. The average Bonchev–Trinajstić information content (AvgIpc) is 2.71. The molecule has 2 aromatic rings. The minimum Gasteiger partial charge on any atom is -0.294 e. The number of hydrogen-bond acceptors (Lipinski definition) is 4. The van der Waals surface area contributed by atoms with E-state index in [9.17, 15) is 19.2 Å². The van der Waals surface area contributed by atoms with Crippen molar-refractivity contribution in [3.05, 3.63) is 70.7 Å². The molecule has 4 amide bonds. The second-order valence-electron chi connectivity index (χ2n) is 6.71. The van der Waals surface area contributed by atoms with Crippen molar-refractivity contribution in [1.29, 1.82) is 0 Å². The summed E-state index contributed by atoms with van der Waals surface area (Å²) in [5, 5.41) is 0.502. The van der Waals surface area contributed by atoms with E-state index in [1.165, 1.54) is 14.1 Å². The van der Waals surface area contributed by atoms with Gasteiger partial charge in [-0.2, -0.15) is 0 Å². The lowest BCUT2D eigenvalue weighted by molar-refractivity contribution is -0.148. The molecule has 1 aliphatic heterocycles. The van der Waals surface area contributed by atoms with Gasteiger partial charge in [-0.15, -0.1) is 0 Å². The van der Waals surface area contributed by atoms with Crippen LogP contribution in [-0.2, 0) is 9.59 Å². The van der Waals surface area contributed by atoms with Crippen LogP contribution in [0, 0.1) is 5.92 Å². The van der Waals surface area contributed by atoms with Crippen molar-refractivity contribution in [2.45, 2.75) is 12.3 Å². The Labute approximate surface area is 167 Å². The van der Waals surface area contributed by atoms with Gasteiger partial charge in [0.25, 0.3) is 0 Å². The normalized spacial score (nSPS) is 16.5. The van der Waals surface area contributed by atoms with Crippen LogP contribution in [0.25, 0.3) is 0 Å². The van der Waals surface area contributed by atoms with Crippen molar-refractivity contribution < 1.29 is 19.2 Å². The van der Waals surface area contributed by atoms with Crippen molar-refractivity contribution >= 4 is 35.2 Å². The van der Waals surface area contributed by atoms with Crippen molar-refractivity contribution in [2.75, 3.05) is 14.1 Å². The van der Waals surface area contributed by atoms with E-state index in [-0.39, 0.29) is 12.2 Å². The first-order chi connectivity index (χ1) is 13.3. The molecule has 28 heavy (non-hydrogen) atoms. The molecule has 0 spiro atoms. The van der Waals surface area contributed by atoms with Crippen molar-refractivity contribution in [3.8, 4) is 0 Å². The molecule has 1 atom stereocenters. The number of carbonyl (C=O) groups excluding carboxylic acids is 4. The fraction of sp³-hybridized carbons (Fsp3) is 0.238. The number of urea groups is 1. The molecule has 1 aliphatic rings. The molecule has 1 unspecified atom stereocenters. The zero-order valence-corrected chi connectivity index (χ0v) is 16.2. The van der Waals surface area contributed by atoms with E-state index in [0.29, 0.717) is 16.1 Å². The predicted molar refractivity (Wildman–Crippen MR) is 104 cm³/mol. The maximum absolute atomic E-state index is 12.8. The summed E-state index contributed by atoms with van der Waals surface area (Å²) in [5.74, 6) is -3.31. The molecule has 1 saturated heterocycles. The predicted octanol–water partition coefficient (Wildman–Crippen LogP) is 3.36. The lowest BCUT2D eigenvalue weighted by Gasteiger charge is -2.36. The molecule has 1 fully saturated rings. The quantitative estimate of drug-likeness (QED) is 0.571. The third-order valence-electron chi connectivity index (χ3n) is 4.97. The zero-order chi connectivity index (χ0) is 20.4. The monoisotopic (exact) mass is 398 g/mol. The number of rotatable bonds is 5. The SMILES string of the molecule is CN1C(=O)C(C(CC(=O)c2ccccc2)c2ccc(Cl)cc2)C(=O)N(C)C1=O. The second-order valence-corrected chi connectivity index (χ2v) is 7.14. The Balaban J connectivity index is 2.02. The van der Waals surface area contributed by atoms with Gasteiger partial charge in [-0.1, -0.05) is 54.1 Å². The number of ketones is 1. The number of nitrogens with zero attached hydrogens (tertiary/aromatic N) is 2. The highest BCUT2D eigenvalue weighted by Gasteiger charge is 2.47.